The van der Waals surface area contributed by atoms with Gasteiger partial charge in [0.25, 0.3) is 0 Å². The third kappa shape index (κ3) is 3.33. The zero-order valence-corrected chi connectivity index (χ0v) is 11.0. The van der Waals surface area contributed by atoms with Crippen molar-refractivity contribution in [2.75, 3.05) is 6.54 Å². The van der Waals surface area contributed by atoms with Crippen molar-refractivity contribution < 1.29 is 4.79 Å². The minimum Gasteiger partial charge on any atom is -0.354 e. The summed E-state index contributed by atoms with van der Waals surface area (Å²) < 4.78 is 0. The molecule has 0 radical (unpaired) electrons. The number of rotatable bonds is 5. The van der Waals surface area contributed by atoms with E-state index in [1.54, 1.807) is 0 Å². The monoisotopic (exact) mass is 246 g/mol. The smallest absolute Gasteiger partial charge is 0.237 e. The van der Waals surface area contributed by atoms with E-state index >= 15 is 0 Å². The molecule has 18 heavy (non-hydrogen) atoms. The van der Waals surface area contributed by atoms with Crippen molar-refractivity contribution in [2.45, 2.75) is 38.6 Å². The molecule has 98 valence electrons. The first kappa shape index (κ1) is 13.1. The van der Waals surface area contributed by atoms with Gasteiger partial charge < -0.3 is 11.1 Å². The van der Waals surface area contributed by atoms with Crippen LogP contribution >= 0.6 is 0 Å². The summed E-state index contributed by atoms with van der Waals surface area (Å²) in [7, 11) is 0. The lowest BCUT2D eigenvalue weighted by atomic mass is 9.70. The van der Waals surface area contributed by atoms with Crippen LogP contribution in [-0.4, -0.2) is 18.5 Å². The van der Waals surface area contributed by atoms with Crippen LogP contribution in [-0.2, 0) is 11.2 Å². The van der Waals surface area contributed by atoms with Crippen LogP contribution in [0.3, 0.4) is 0 Å². The number of hydrogen-bond donors (Lipinski definition) is 2. The van der Waals surface area contributed by atoms with Gasteiger partial charge in [0.05, 0.1) is 6.04 Å². The number of carbonyl (C=O) groups excluding carboxylic acids is 1. The minimum atomic E-state index is -0.448. The summed E-state index contributed by atoms with van der Waals surface area (Å²) in [6, 6.07) is 9.45. The Morgan fingerprint density at radius 1 is 1.39 bits per heavy atom. The molecule has 1 aliphatic carbocycles. The molecule has 3 heteroatoms. The van der Waals surface area contributed by atoms with Gasteiger partial charge in [-0.15, -0.1) is 0 Å². The molecule has 0 aromatic heterocycles. The van der Waals surface area contributed by atoms with Gasteiger partial charge in [0.1, 0.15) is 0 Å². The highest BCUT2D eigenvalue weighted by atomic mass is 16.2. The van der Waals surface area contributed by atoms with E-state index in [1.165, 1.54) is 19.3 Å². The van der Waals surface area contributed by atoms with Crippen LogP contribution < -0.4 is 11.1 Å². The van der Waals surface area contributed by atoms with Crippen LogP contribution in [0.2, 0.25) is 0 Å². The van der Waals surface area contributed by atoms with Crippen LogP contribution in [0.1, 0.15) is 31.7 Å². The van der Waals surface area contributed by atoms with E-state index in [0.29, 0.717) is 11.8 Å². The van der Waals surface area contributed by atoms with Gasteiger partial charge in [0.15, 0.2) is 0 Å². The highest BCUT2D eigenvalue weighted by molar-refractivity contribution is 5.81. The minimum absolute atomic E-state index is 0.0352. The highest BCUT2D eigenvalue weighted by Crippen LogP contribution is 2.39. The third-order valence-electron chi connectivity index (χ3n) is 3.89. The molecule has 1 saturated carbocycles. The molecule has 0 aliphatic heterocycles. The Hall–Kier alpha value is -1.35. The molecule has 1 aliphatic rings. The second kappa shape index (κ2) is 5.53. The molecule has 0 spiro atoms. The molecule has 0 heterocycles. The highest BCUT2D eigenvalue weighted by Gasteiger charge is 2.32. The summed E-state index contributed by atoms with van der Waals surface area (Å²) in [6.07, 6.45) is 4.30. The molecular weight excluding hydrogens is 224 g/mol. The lowest BCUT2D eigenvalue weighted by Gasteiger charge is -2.38. The molecule has 0 saturated heterocycles. The van der Waals surface area contributed by atoms with Crippen molar-refractivity contribution in [3.63, 3.8) is 0 Å². The van der Waals surface area contributed by atoms with Crippen molar-refractivity contribution in [3.8, 4) is 0 Å². The molecule has 2 rings (SSSR count). The van der Waals surface area contributed by atoms with Crippen molar-refractivity contribution >= 4 is 5.91 Å². The van der Waals surface area contributed by atoms with Crippen LogP contribution in [0.4, 0.5) is 0 Å². The topological polar surface area (TPSA) is 55.1 Å². The van der Waals surface area contributed by atoms with Crippen LogP contribution in [0, 0.1) is 5.41 Å². The summed E-state index contributed by atoms with van der Waals surface area (Å²) in [4.78, 5) is 11.9. The molecule has 1 amide bonds. The van der Waals surface area contributed by atoms with Gasteiger partial charge in [-0.05, 0) is 30.2 Å². The van der Waals surface area contributed by atoms with Crippen LogP contribution in [0.25, 0.3) is 0 Å². The Labute approximate surface area is 109 Å². The molecule has 0 bridgehead atoms. The van der Waals surface area contributed by atoms with Crippen molar-refractivity contribution in [2.24, 2.45) is 11.1 Å². The average Bonchev–Trinajstić information content (AvgIpc) is 2.34. The van der Waals surface area contributed by atoms with Gasteiger partial charge >= 0.3 is 0 Å². The predicted octanol–water partition coefficient (Wildman–Crippen LogP) is 1.86. The second-order valence-electron chi connectivity index (χ2n) is 5.68. The zero-order chi connectivity index (χ0) is 13.0. The quantitative estimate of drug-likeness (QED) is 0.833. The van der Waals surface area contributed by atoms with E-state index in [2.05, 4.69) is 12.2 Å². The average molecular weight is 246 g/mol. The first-order chi connectivity index (χ1) is 8.59. The van der Waals surface area contributed by atoms with Crippen molar-refractivity contribution in [1.82, 2.24) is 5.32 Å². The molecule has 1 fully saturated rings. The van der Waals surface area contributed by atoms with E-state index in [-0.39, 0.29) is 5.91 Å². The Balaban J connectivity index is 1.78. The van der Waals surface area contributed by atoms with Gasteiger partial charge in [-0.25, -0.2) is 0 Å². The summed E-state index contributed by atoms with van der Waals surface area (Å²) in [5, 5.41) is 2.98. The van der Waals surface area contributed by atoms with Crippen molar-refractivity contribution in [1.29, 1.82) is 0 Å². The molecule has 3 N–H and O–H groups in total. The fourth-order valence-electron chi connectivity index (χ4n) is 2.35. The lowest BCUT2D eigenvalue weighted by Crippen LogP contribution is -2.47. The molecule has 1 atom stereocenters. The third-order valence-corrected chi connectivity index (χ3v) is 3.89. The fourth-order valence-corrected chi connectivity index (χ4v) is 2.35. The summed E-state index contributed by atoms with van der Waals surface area (Å²) in [5.74, 6) is -0.0352. The van der Waals surface area contributed by atoms with Gasteiger partial charge in [0.2, 0.25) is 5.91 Å². The Morgan fingerprint density at radius 2 is 2.06 bits per heavy atom. The maximum absolute atomic E-state index is 11.9. The van der Waals surface area contributed by atoms with E-state index < -0.39 is 6.04 Å². The SMILES string of the molecule is CC1(CNC(=O)[C@H](N)Cc2ccccc2)CCC1. The molecule has 3 nitrogen and oxygen atoms in total. The molecular formula is C15H22N2O. The lowest BCUT2D eigenvalue weighted by molar-refractivity contribution is -0.123. The standard InChI is InChI=1S/C15H22N2O/c1-15(8-5-9-15)11-17-14(18)13(16)10-12-6-3-2-4-7-12/h2-4,6-7,13H,5,8-11,16H2,1H3,(H,17,18)/t13-/m1/s1. The number of amides is 1. The summed E-state index contributed by atoms with van der Waals surface area (Å²) in [6.45, 7) is 2.98. The number of carbonyl (C=O) groups is 1. The Bertz CT molecular complexity index is 398. The molecule has 0 unspecified atom stereocenters. The Morgan fingerprint density at radius 3 is 2.61 bits per heavy atom. The van der Waals surface area contributed by atoms with Crippen LogP contribution in [0.15, 0.2) is 30.3 Å². The summed E-state index contributed by atoms with van der Waals surface area (Å²) in [5.41, 5.74) is 7.34. The first-order valence-electron chi connectivity index (χ1n) is 6.66. The zero-order valence-electron chi connectivity index (χ0n) is 11.0. The maximum Gasteiger partial charge on any atom is 0.237 e. The van der Waals surface area contributed by atoms with Gasteiger partial charge in [0, 0.05) is 6.54 Å². The number of nitrogens with one attached hydrogen (secondary N) is 1. The first-order valence-corrected chi connectivity index (χ1v) is 6.66. The summed E-state index contributed by atoms with van der Waals surface area (Å²) >= 11 is 0. The van der Waals surface area contributed by atoms with Crippen LogP contribution in [0.5, 0.6) is 0 Å². The van der Waals surface area contributed by atoms with Gasteiger partial charge in [-0.2, -0.15) is 0 Å². The Kier molecular flexibility index (Phi) is 4.02. The fraction of sp³-hybridized carbons (Fsp3) is 0.533. The molecule has 1 aromatic carbocycles. The van der Waals surface area contributed by atoms with E-state index in [9.17, 15) is 4.79 Å². The second-order valence-corrected chi connectivity index (χ2v) is 5.68. The number of benzene rings is 1. The van der Waals surface area contributed by atoms with Gasteiger partial charge in [-0.3, -0.25) is 4.79 Å². The van der Waals surface area contributed by atoms with E-state index in [4.69, 9.17) is 5.73 Å². The van der Waals surface area contributed by atoms with E-state index in [0.717, 1.165) is 12.1 Å². The van der Waals surface area contributed by atoms with E-state index in [1.807, 2.05) is 30.3 Å². The van der Waals surface area contributed by atoms with Gasteiger partial charge in [-0.1, -0.05) is 43.7 Å². The number of hydrogen-bond acceptors (Lipinski definition) is 2. The predicted molar refractivity (Wildman–Crippen MR) is 73.1 cm³/mol. The van der Waals surface area contributed by atoms with Crippen molar-refractivity contribution in [3.05, 3.63) is 35.9 Å². The molecule has 1 aromatic rings. The largest absolute Gasteiger partial charge is 0.354 e. The maximum atomic E-state index is 11.9. The normalized spacial score (nSPS) is 18.8. The number of nitrogens with two attached hydrogens (primary N) is 1.